The molecule has 1 aromatic heterocycles. The Hall–Kier alpha value is -1.94. The van der Waals surface area contributed by atoms with Crippen LogP contribution in [0.3, 0.4) is 0 Å². The van der Waals surface area contributed by atoms with Crippen LogP contribution in [0.15, 0.2) is 57.8 Å². The summed E-state index contributed by atoms with van der Waals surface area (Å²) < 4.78 is 29.1. The Balaban J connectivity index is 1.40. The highest BCUT2D eigenvalue weighted by atomic mass is 32.2. The minimum absolute atomic E-state index is 0.193. The zero-order chi connectivity index (χ0) is 20.3. The van der Waals surface area contributed by atoms with Gasteiger partial charge in [0.05, 0.1) is 20.9 Å². The highest BCUT2D eigenvalue weighted by Crippen LogP contribution is 2.29. The van der Waals surface area contributed by atoms with E-state index in [9.17, 15) is 13.2 Å². The Kier molecular flexibility index (Phi) is 6.19. The first-order valence-electron chi connectivity index (χ1n) is 9.41. The lowest BCUT2D eigenvalue weighted by Gasteiger charge is -2.26. The van der Waals surface area contributed by atoms with Gasteiger partial charge in [-0.2, -0.15) is 4.31 Å². The first kappa shape index (κ1) is 20.3. The molecule has 1 aliphatic rings. The van der Waals surface area contributed by atoms with Gasteiger partial charge in [-0.15, -0.1) is 11.3 Å². The van der Waals surface area contributed by atoms with E-state index in [2.05, 4.69) is 10.3 Å². The zero-order valence-corrected chi connectivity index (χ0v) is 18.2. The SMILES string of the molecule is O=C(CSc1nc2ccccc2s1)Nc1cccc(S(=O)(=O)N2CCCCC2)c1. The minimum Gasteiger partial charge on any atom is -0.325 e. The van der Waals surface area contributed by atoms with Crippen molar-refractivity contribution < 1.29 is 13.2 Å². The molecule has 0 atom stereocenters. The maximum absolute atomic E-state index is 12.8. The first-order valence-corrected chi connectivity index (χ1v) is 12.6. The van der Waals surface area contributed by atoms with Gasteiger partial charge in [0.25, 0.3) is 0 Å². The standard InChI is InChI=1S/C20H21N3O3S3/c24-19(14-27-20-22-17-9-2-3-10-18(17)28-20)21-15-7-6-8-16(13-15)29(25,26)23-11-4-1-5-12-23/h2-3,6-10,13H,1,4-5,11-12,14H2,(H,21,24). The Morgan fingerprint density at radius 3 is 2.69 bits per heavy atom. The molecular weight excluding hydrogens is 426 g/mol. The van der Waals surface area contributed by atoms with Crippen molar-refractivity contribution in [2.45, 2.75) is 28.5 Å². The van der Waals surface area contributed by atoms with Crippen LogP contribution in [-0.4, -0.2) is 42.5 Å². The third-order valence-electron chi connectivity index (χ3n) is 4.67. The number of hydrogen-bond acceptors (Lipinski definition) is 6. The van der Waals surface area contributed by atoms with Gasteiger partial charge in [0, 0.05) is 18.8 Å². The molecule has 0 bridgehead atoms. The number of thioether (sulfide) groups is 1. The quantitative estimate of drug-likeness (QED) is 0.573. The maximum atomic E-state index is 12.8. The van der Waals surface area contributed by atoms with Crippen LogP contribution in [0.1, 0.15) is 19.3 Å². The van der Waals surface area contributed by atoms with Crippen LogP contribution in [-0.2, 0) is 14.8 Å². The Labute approximate surface area is 178 Å². The lowest BCUT2D eigenvalue weighted by Crippen LogP contribution is -2.35. The number of nitrogens with one attached hydrogen (secondary N) is 1. The minimum atomic E-state index is -3.52. The van der Waals surface area contributed by atoms with Crippen LogP contribution >= 0.6 is 23.1 Å². The van der Waals surface area contributed by atoms with Crippen LogP contribution in [0.5, 0.6) is 0 Å². The van der Waals surface area contributed by atoms with E-state index in [4.69, 9.17) is 0 Å². The van der Waals surface area contributed by atoms with Gasteiger partial charge in [-0.1, -0.05) is 36.4 Å². The molecule has 4 rings (SSSR count). The number of amides is 1. The summed E-state index contributed by atoms with van der Waals surface area (Å²) in [5, 5.41) is 2.80. The average Bonchev–Trinajstić information content (AvgIpc) is 3.16. The smallest absolute Gasteiger partial charge is 0.243 e. The van der Waals surface area contributed by atoms with Crippen molar-refractivity contribution in [1.82, 2.24) is 9.29 Å². The monoisotopic (exact) mass is 447 g/mol. The van der Waals surface area contributed by atoms with Crippen molar-refractivity contribution in [2.24, 2.45) is 0 Å². The van der Waals surface area contributed by atoms with E-state index >= 15 is 0 Å². The molecule has 29 heavy (non-hydrogen) atoms. The molecule has 152 valence electrons. The van der Waals surface area contributed by atoms with Crippen molar-refractivity contribution in [3.05, 3.63) is 48.5 Å². The molecule has 1 saturated heterocycles. The van der Waals surface area contributed by atoms with E-state index in [1.54, 1.807) is 29.5 Å². The first-order chi connectivity index (χ1) is 14.0. The molecule has 1 N–H and O–H groups in total. The van der Waals surface area contributed by atoms with Gasteiger partial charge in [-0.25, -0.2) is 13.4 Å². The van der Waals surface area contributed by atoms with Crippen LogP contribution in [0.25, 0.3) is 10.2 Å². The maximum Gasteiger partial charge on any atom is 0.243 e. The zero-order valence-electron chi connectivity index (χ0n) is 15.7. The molecule has 0 radical (unpaired) electrons. The summed E-state index contributed by atoms with van der Waals surface area (Å²) in [7, 11) is -3.52. The Morgan fingerprint density at radius 2 is 1.90 bits per heavy atom. The number of thiazole rings is 1. The molecule has 6 nitrogen and oxygen atoms in total. The number of carbonyl (C=O) groups is 1. The number of nitrogens with zero attached hydrogens (tertiary/aromatic N) is 2. The number of rotatable bonds is 6. The fourth-order valence-electron chi connectivity index (χ4n) is 3.23. The second-order valence-corrected chi connectivity index (χ2v) is 11.0. The molecule has 9 heteroatoms. The van der Waals surface area contributed by atoms with Gasteiger partial charge in [-0.05, 0) is 43.2 Å². The number of aromatic nitrogens is 1. The fraction of sp³-hybridized carbons (Fsp3) is 0.300. The van der Waals surface area contributed by atoms with Gasteiger partial charge < -0.3 is 5.32 Å². The number of sulfonamides is 1. The lowest BCUT2D eigenvalue weighted by atomic mass is 10.2. The lowest BCUT2D eigenvalue weighted by molar-refractivity contribution is -0.113. The second kappa shape index (κ2) is 8.83. The second-order valence-electron chi connectivity index (χ2n) is 6.78. The summed E-state index contributed by atoms with van der Waals surface area (Å²) in [6.45, 7) is 1.11. The highest BCUT2D eigenvalue weighted by molar-refractivity contribution is 8.01. The number of fused-ring (bicyclic) bond motifs is 1. The van der Waals surface area contributed by atoms with E-state index < -0.39 is 10.0 Å². The van der Waals surface area contributed by atoms with E-state index in [0.29, 0.717) is 18.8 Å². The number of piperidine rings is 1. The Bertz CT molecular complexity index is 1090. The molecular formula is C20H21N3O3S3. The molecule has 3 aromatic rings. The van der Waals surface area contributed by atoms with Gasteiger partial charge >= 0.3 is 0 Å². The topological polar surface area (TPSA) is 79.4 Å². The molecule has 1 aliphatic heterocycles. The van der Waals surface area contributed by atoms with Gasteiger partial charge in [0.15, 0.2) is 4.34 Å². The van der Waals surface area contributed by atoms with Crippen LogP contribution in [0.4, 0.5) is 5.69 Å². The van der Waals surface area contributed by atoms with E-state index in [1.807, 2.05) is 24.3 Å². The van der Waals surface area contributed by atoms with Crippen LogP contribution < -0.4 is 5.32 Å². The summed E-state index contributed by atoms with van der Waals surface area (Å²) in [5.41, 5.74) is 1.41. The summed E-state index contributed by atoms with van der Waals surface area (Å²) in [5.74, 6) is 0.0184. The van der Waals surface area contributed by atoms with E-state index in [-0.39, 0.29) is 16.6 Å². The molecule has 0 aliphatic carbocycles. The predicted octanol–water partition coefficient (Wildman–Crippen LogP) is 4.20. The number of benzene rings is 2. The van der Waals surface area contributed by atoms with Crippen molar-refractivity contribution >= 4 is 54.9 Å². The average molecular weight is 448 g/mol. The van der Waals surface area contributed by atoms with E-state index in [1.165, 1.54) is 22.1 Å². The van der Waals surface area contributed by atoms with E-state index in [0.717, 1.165) is 33.8 Å². The molecule has 2 heterocycles. The summed E-state index contributed by atoms with van der Waals surface area (Å²) in [4.78, 5) is 17.1. The molecule has 0 unspecified atom stereocenters. The number of para-hydroxylation sites is 1. The summed E-state index contributed by atoms with van der Waals surface area (Å²) >= 11 is 2.93. The van der Waals surface area contributed by atoms with Crippen LogP contribution in [0, 0.1) is 0 Å². The normalized spacial score (nSPS) is 15.4. The number of anilines is 1. The van der Waals surface area contributed by atoms with Gasteiger partial charge in [0.2, 0.25) is 15.9 Å². The molecule has 0 spiro atoms. The third kappa shape index (κ3) is 4.80. The molecule has 0 saturated carbocycles. The van der Waals surface area contributed by atoms with Crippen molar-refractivity contribution in [3.8, 4) is 0 Å². The summed E-state index contributed by atoms with van der Waals surface area (Å²) in [6, 6.07) is 14.3. The van der Waals surface area contributed by atoms with Crippen molar-refractivity contribution in [3.63, 3.8) is 0 Å². The summed E-state index contributed by atoms with van der Waals surface area (Å²) in [6.07, 6.45) is 2.84. The van der Waals surface area contributed by atoms with Crippen molar-refractivity contribution in [2.75, 3.05) is 24.2 Å². The third-order valence-corrected chi connectivity index (χ3v) is 8.75. The highest BCUT2D eigenvalue weighted by Gasteiger charge is 2.26. The fourth-order valence-corrected chi connectivity index (χ4v) is 6.66. The van der Waals surface area contributed by atoms with Crippen molar-refractivity contribution in [1.29, 1.82) is 0 Å². The number of carbonyl (C=O) groups excluding carboxylic acids is 1. The molecule has 2 aromatic carbocycles. The Morgan fingerprint density at radius 1 is 1.10 bits per heavy atom. The van der Waals surface area contributed by atoms with Crippen LogP contribution in [0.2, 0.25) is 0 Å². The van der Waals surface area contributed by atoms with Gasteiger partial charge in [-0.3, -0.25) is 4.79 Å². The molecule has 1 fully saturated rings. The largest absolute Gasteiger partial charge is 0.325 e. The number of hydrogen-bond donors (Lipinski definition) is 1. The predicted molar refractivity (Wildman–Crippen MR) is 118 cm³/mol. The van der Waals surface area contributed by atoms with Gasteiger partial charge in [0.1, 0.15) is 0 Å². The molecule has 1 amide bonds.